The lowest BCUT2D eigenvalue weighted by atomic mass is 10.1. The number of carbonyl (C=O) groups excluding carboxylic acids is 1. The molecule has 0 atom stereocenters. The second kappa shape index (κ2) is 5.52. The van der Waals surface area contributed by atoms with Gasteiger partial charge < -0.3 is 10.1 Å². The summed E-state index contributed by atoms with van der Waals surface area (Å²) in [5.41, 5.74) is 0.872. The van der Waals surface area contributed by atoms with Gasteiger partial charge in [0.1, 0.15) is 5.10 Å². The number of aromatic nitrogens is 6. The van der Waals surface area contributed by atoms with E-state index >= 15 is 0 Å². The molecule has 0 unspecified atom stereocenters. The summed E-state index contributed by atoms with van der Waals surface area (Å²) in [5.74, 6) is -0.461. The summed E-state index contributed by atoms with van der Waals surface area (Å²) in [5, 5.41) is 25.2. The lowest BCUT2D eigenvalue weighted by molar-refractivity contribution is -0.390. The van der Waals surface area contributed by atoms with Gasteiger partial charge in [0.05, 0.1) is 17.6 Å². The second-order valence-electron chi connectivity index (χ2n) is 4.32. The van der Waals surface area contributed by atoms with Crippen LogP contribution in [0.3, 0.4) is 0 Å². The molecule has 10 nitrogen and oxygen atoms in total. The first-order chi connectivity index (χ1) is 10.7. The minimum atomic E-state index is -0.691. The molecule has 1 aromatic carbocycles. The fourth-order valence-corrected chi connectivity index (χ4v) is 1.94. The van der Waals surface area contributed by atoms with Crippen LogP contribution in [0.5, 0.6) is 0 Å². The van der Waals surface area contributed by atoms with Gasteiger partial charge in [-0.25, -0.2) is 4.79 Å². The first kappa shape index (κ1) is 13.5. The molecule has 3 aromatic rings. The minimum Gasteiger partial charge on any atom is -0.358 e. The number of carbonyl (C=O) groups is 1. The predicted molar refractivity (Wildman–Crippen MR) is 72.1 cm³/mol. The molecule has 0 spiro atoms. The fraction of sp³-hybridized carbons (Fsp3) is 0.0833. The van der Waals surface area contributed by atoms with E-state index in [0.29, 0.717) is 0 Å². The number of nitrogens with zero attached hydrogens (tertiary/aromatic N) is 7. The summed E-state index contributed by atoms with van der Waals surface area (Å²) >= 11 is 0. The van der Waals surface area contributed by atoms with E-state index in [0.717, 1.165) is 14.9 Å². The Bertz CT molecular complexity index is 811. The average Bonchev–Trinajstić information content (AvgIpc) is 3.17. The normalized spacial score (nSPS) is 10.5. The molecule has 0 bridgehead atoms. The Morgan fingerprint density at radius 1 is 1.23 bits per heavy atom. The molecule has 10 heteroatoms. The molecule has 22 heavy (non-hydrogen) atoms. The summed E-state index contributed by atoms with van der Waals surface area (Å²) in [6, 6.07) is 8.32. The first-order valence-electron chi connectivity index (χ1n) is 6.20. The van der Waals surface area contributed by atoms with Crippen molar-refractivity contribution in [3.8, 4) is 0 Å². The maximum absolute atomic E-state index is 12.3. The topological polar surface area (TPSA) is 122 Å². The van der Waals surface area contributed by atoms with Crippen molar-refractivity contribution in [3.63, 3.8) is 0 Å². The molecule has 0 fully saturated rings. The van der Waals surface area contributed by atoms with Crippen LogP contribution in [-0.4, -0.2) is 40.9 Å². The Morgan fingerprint density at radius 2 is 2.00 bits per heavy atom. The van der Waals surface area contributed by atoms with Crippen LogP contribution in [0.2, 0.25) is 0 Å². The van der Waals surface area contributed by atoms with Gasteiger partial charge in [0.15, 0.2) is 5.69 Å². The third kappa shape index (κ3) is 2.44. The molecule has 2 aromatic heterocycles. The molecule has 3 rings (SSSR count). The molecular weight excluding hydrogens is 290 g/mol. The second-order valence-corrected chi connectivity index (χ2v) is 4.32. The monoisotopic (exact) mass is 299 g/mol. The molecule has 0 radical (unpaired) electrons. The number of benzene rings is 1. The molecule has 0 saturated heterocycles. The van der Waals surface area contributed by atoms with Gasteiger partial charge in [0.2, 0.25) is 0 Å². The van der Waals surface area contributed by atoms with Gasteiger partial charge >= 0.3 is 11.8 Å². The van der Waals surface area contributed by atoms with Gasteiger partial charge in [-0.15, -0.1) is 9.78 Å². The van der Waals surface area contributed by atoms with Crippen LogP contribution in [0.1, 0.15) is 11.3 Å². The molecule has 0 aliphatic heterocycles. The van der Waals surface area contributed by atoms with Crippen LogP contribution in [0.15, 0.2) is 42.7 Å². The van der Waals surface area contributed by atoms with Crippen molar-refractivity contribution in [3.05, 3.63) is 64.1 Å². The Kier molecular flexibility index (Phi) is 3.40. The predicted octanol–water partition coefficient (Wildman–Crippen LogP) is 0.885. The van der Waals surface area contributed by atoms with E-state index in [1.165, 1.54) is 12.4 Å². The van der Waals surface area contributed by atoms with E-state index in [9.17, 15) is 14.9 Å². The maximum atomic E-state index is 12.3. The third-order valence-corrected chi connectivity index (χ3v) is 2.93. The standard InChI is InChI=1S/C12H9N7O3/c20-12(17-7-6-13-15-17)18-10(11(14-16-18)19(21)22)8-9-4-2-1-3-5-9/h1-7H,8H2. The number of nitro groups is 1. The van der Waals surface area contributed by atoms with Crippen molar-refractivity contribution in [2.75, 3.05) is 0 Å². The highest BCUT2D eigenvalue weighted by atomic mass is 16.6. The Morgan fingerprint density at radius 3 is 2.64 bits per heavy atom. The van der Waals surface area contributed by atoms with Crippen molar-refractivity contribution >= 4 is 11.8 Å². The van der Waals surface area contributed by atoms with E-state index in [-0.39, 0.29) is 12.1 Å². The molecule has 110 valence electrons. The molecule has 0 aliphatic carbocycles. The smallest absolute Gasteiger partial charge is 0.358 e. The van der Waals surface area contributed by atoms with Crippen LogP contribution in [0, 0.1) is 10.1 Å². The van der Waals surface area contributed by atoms with E-state index in [4.69, 9.17) is 0 Å². The highest BCUT2D eigenvalue weighted by Crippen LogP contribution is 2.18. The summed E-state index contributed by atoms with van der Waals surface area (Å²) in [6.07, 6.45) is 2.78. The van der Waals surface area contributed by atoms with E-state index in [1.54, 1.807) is 24.3 Å². The van der Waals surface area contributed by atoms with Gasteiger partial charge in [-0.1, -0.05) is 35.5 Å². The Hall–Kier alpha value is -3.43. The summed E-state index contributed by atoms with van der Waals surface area (Å²) < 4.78 is 1.78. The number of rotatable bonds is 3. The van der Waals surface area contributed by atoms with Crippen LogP contribution < -0.4 is 0 Å². The zero-order valence-electron chi connectivity index (χ0n) is 11.1. The lowest BCUT2D eigenvalue weighted by Crippen LogP contribution is -2.23. The van der Waals surface area contributed by atoms with E-state index in [1.807, 2.05) is 6.07 Å². The Balaban J connectivity index is 2.04. The van der Waals surface area contributed by atoms with Crippen molar-refractivity contribution in [2.45, 2.75) is 6.42 Å². The number of hydrogen-bond acceptors (Lipinski definition) is 7. The minimum absolute atomic E-state index is 0.0803. The summed E-state index contributed by atoms with van der Waals surface area (Å²) in [6.45, 7) is 0. The lowest BCUT2D eigenvalue weighted by Gasteiger charge is -2.03. The van der Waals surface area contributed by atoms with Gasteiger partial charge in [0.25, 0.3) is 0 Å². The van der Waals surface area contributed by atoms with Crippen molar-refractivity contribution in [2.24, 2.45) is 0 Å². The maximum Gasteiger partial charge on any atom is 0.414 e. The average molecular weight is 299 g/mol. The van der Waals surface area contributed by atoms with Crippen molar-refractivity contribution in [1.29, 1.82) is 0 Å². The van der Waals surface area contributed by atoms with Crippen molar-refractivity contribution < 1.29 is 9.72 Å². The van der Waals surface area contributed by atoms with E-state index < -0.39 is 16.8 Å². The van der Waals surface area contributed by atoms with Crippen LogP contribution in [0.25, 0.3) is 0 Å². The van der Waals surface area contributed by atoms with E-state index in [2.05, 4.69) is 20.6 Å². The van der Waals surface area contributed by atoms with Crippen LogP contribution in [0.4, 0.5) is 10.6 Å². The van der Waals surface area contributed by atoms with Crippen molar-refractivity contribution in [1.82, 2.24) is 30.0 Å². The molecule has 2 heterocycles. The largest absolute Gasteiger partial charge is 0.414 e. The number of hydrogen-bond donors (Lipinski definition) is 0. The first-order valence-corrected chi connectivity index (χ1v) is 6.20. The van der Waals surface area contributed by atoms with Crippen LogP contribution in [-0.2, 0) is 6.42 Å². The third-order valence-electron chi connectivity index (χ3n) is 2.93. The fourth-order valence-electron chi connectivity index (χ4n) is 1.94. The van der Waals surface area contributed by atoms with Gasteiger partial charge in [-0.3, -0.25) is 0 Å². The van der Waals surface area contributed by atoms with Crippen LogP contribution >= 0.6 is 0 Å². The molecule has 0 aliphatic rings. The molecular formula is C12H9N7O3. The zero-order chi connectivity index (χ0) is 15.5. The molecule has 0 saturated carbocycles. The highest BCUT2D eigenvalue weighted by Gasteiger charge is 2.28. The summed E-state index contributed by atoms with van der Waals surface area (Å²) in [7, 11) is 0. The molecule has 0 amide bonds. The Labute approximate surface area is 123 Å². The van der Waals surface area contributed by atoms with Gasteiger partial charge in [-0.2, -0.15) is 4.68 Å². The van der Waals surface area contributed by atoms with Gasteiger partial charge in [0, 0.05) is 6.42 Å². The zero-order valence-corrected chi connectivity index (χ0v) is 11.1. The quantitative estimate of drug-likeness (QED) is 0.519. The summed E-state index contributed by atoms with van der Waals surface area (Å²) in [4.78, 5) is 22.7. The molecule has 0 N–H and O–H groups in total. The highest BCUT2D eigenvalue weighted by molar-refractivity contribution is 5.78. The van der Waals surface area contributed by atoms with Gasteiger partial charge in [-0.05, 0) is 10.5 Å². The SMILES string of the molecule is O=C(n1ccnn1)n1nnc([N+](=O)[O-])c1Cc1ccccc1.